The average molecular weight is 709 g/mol. The third-order valence-corrected chi connectivity index (χ3v) is 13.3. The zero-order valence-electron chi connectivity index (χ0n) is 33.2. The average Bonchev–Trinajstić information content (AvgIpc) is 3.06. The second-order valence-corrected chi connectivity index (χ2v) is 18.4. The smallest absolute Gasteiger partial charge is 0.154 e. The van der Waals surface area contributed by atoms with Crippen molar-refractivity contribution in [2.45, 2.75) is 151 Å². The van der Waals surface area contributed by atoms with Gasteiger partial charge < -0.3 is 35.4 Å². The van der Waals surface area contributed by atoms with Crippen LogP contribution in [0, 0.1) is 88.8 Å². The number of aliphatic hydroxyl groups is 6. The quantitative estimate of drug-likeness (QED) is 0.0341. The van der Waals surface area contributed by atoms with Gasteiger partial charge in [0, 0.05) is 31.0 Å². The van der Waals surface area contributed by atoms with Gasteiger partial charge in [0.25, 0.3) is 0 Å². The van der Waals surface area contributed by atoms with Crippen LogP contribution in [0.15, 0.2) is 12.2 Å². The number of rotatable bonds is 24. The number of hydrogen-bond donors (Lipinski definition) is 6. The zero-order chi connectivity index (χ0) is 37.5. The minimum Gasteiger partial charge on any atom is -0.396 e. The molecule has 0 bridgehead atoms. The summed E-state index contributed by atoms with van der Waals surface area (Å²) in [6.07, 6.45) is 16.7. The van der Waals surface area contributed by atoms with E-state index in [9.17, 15) is 35.4 Å². The van der Waals surface area contributed by atoms with Crippen molar-refractivity contribution in [3.63, 3.8) is 0 Å². The van der Waals surface area contributed by atoms with Gasteiger partial charge in [0.15, 0.2) is 12.6 Å². The van der Waals surface area contributed by atoms with Crippen molar-refractivity contribution in [2.24, 2.45) is 88.8 Å². The summed E-state index contributed by atoms with van der Waals surface area (Å²) >= 11 is 0. The molecule has 294 valence electrons. The summed E-state index contributed by atoms with van der Waals surface area (Å²) in [5.74, 6) is 5.23. The number of hydrogen-bond acceptors (Lipinski definition) is 7. The maximum atomic E-state index is 11.5. The summed E-state index contributed by atoms with van der Waals surface area (Å²) in [7, 11) is 0. The molecule has 15 atom stereocenters. The fourth-order valence-corrected chi connectivity index (χ4v) is 10.1. The number of carbonyl (C=O) groups excluding carboxylic acids is 1. The normalized spacial score (nSPS) is 30.0. The molecule has 2 aliphatic rings. The van der Waals surface area contributed by atoms with Gasteiger partial charge >= 0.3 is 0 Å². The number of aldehydes is 1. The van der Waals surface area contributed by atoms with E-state index in [4.69, 9.17) is 0 Å². The Bertz CT molecular complexity index is 938. The fourth-order valence-electron chi connectivity index (χ4n) is 10.1. The van der Waals surface area contributed by atoms with E-state index in [-0.39, 0.29) is 42.8 Å². The molecule has 0 radical (unpaired) electrons. The van der Waals surface area contributed by atoms with Gasteiger partial charge in [-0.3, -0.25) is 0 Å². The molecule has 2 rings (SSSR count). The van der Waals surface area contributed by atoms with Gasteiger partial charge in [-0.15, -0.1) is 0 Å². The molecule has 1 saturated carbocycles. The molecular weight excluding hydrogens is 628 g/mol. The van der Waals surface area contributed by atoms with E-state index in [1.54, 1.807) is 0 Å². The SMILES string of the molecule is CC(C=O)CC(CC(C)C(O)O)[C@@H]1C=C[C@H](CCC2C[C@H](C(CC(C)CO)CC(C)CC(C)CC(C[C@H](C)CO)C(O)O)CC[C@@H]2C)C(C)C1. The molecule has 0 aromatic carbocycles. The number of carbonyl (C=O) groups is 1. The lowest BCUT2D eigenvalue weighted by Crippen LogP contribution is -2.31. The van der Waals surface area contributed by atoms with E-state index >= 15 is 0 Å². The fraction of sp³-hybridized carbons (Fsp3) is 0.930. The second kappa shape index (κ2) is 23.1. The molecule has 6 N–H and O–H groups in total. The van der Waals surface area contributed by atoms with Gasteiger partial charge in [-0.05, 0) is 148 Å². The van der Waals surface area contributed by atoms with Gasteiger partial charge in [-0.25, -0.2) is 0 Å². The Hall–Kier alpha value is -0.830. The predicted octanol–water partition coefficient (Wildman–Crippen LogP) is 7.85. The van der Waals surface area contributed by atoms with Crippen LogP contribution in [0.5, 0.6) is 0 Å². The highest BCUT2D eigenvalue weighted by atomic mass is 16.5. The highest BCUT2D eigenvalue weighted by molar-refractivity contribution is 5.52. The maximum Gasteiger partial charge on any atom is 0.154 e. The summed E-state index contributed by atoms with van der Waals surface area (Å²) in [5.41, 5.74) is 0. The Kier molecular flexibility index (Phi) is 20.9. The van der Waals surface area contributed by atoms with E-state index in [0.717, 1.165) is 50.7 Å². The summed E-state index contributed by atoms with van der Waals surface area (Å²) in [6.45, 7) is 17.7. The van der Waals surface area contributed by atoms with E-state index < -0.39 is 12.6 Å². The highest BCUT2D eigenvalue weighted by Crippen LogP contribution is 2.46. The molecule has 0 saturated heterocycles. The van der Waals surface area contributed by atoms with Gasteiger partial charge in [-0.2, -0.15) is 0 Å². The molecular formula is C43H80O7. The van der Waals surface area contributed by atoms with E-state index in [2.05, 4.69) is 46.8 Å². The molecule has 0 aromatic rings. The Morgan fingerprint density at radius 2 is 1.24 bits per heavy atom. The minimum atomic E-state index is -1.35. The van der Waals surface area contributed by atoms with Crippen LogP contribution >= 0.6 is 0 Å². The first-order valence-electron chi connectivity index (χ1n) is 20.7. The van der Waals surface area contributed by atoms with Crippen LogP contribution in [0.25, 0.3) is 0 Å². The van der Waals surface area contributed by atoms with Crippen molar-refractivity contribution in [3.8, 4) is 0 Å². The van der Waals surface area contributed by atoms with Crippen LogP contribution in [-0.4, -0.2) is 62.7 Å². The first-order valence-corrected chi connectivity index (χ1v) is 20.7. The van der Waals surface area contributed by atoms with Crippen molar-refractivity contribution >= 4 is 6.29 Å². The topological polar surface area (TPSA) is 138 Å². The van der Waals surface area contributed by atoms with Crippen LogP contribution in [-0.2, 0) is 4.79 Å². The first kappa shape index (κ1) is 45.3. The number of allylic oxidation sites excluding steroid dienone is 2. The first-order chi connectivity index (χ1) is 23.6. The molecule has 0 aromatic heterocycles. The van der Waals surface area contributed by atoms with Crippen molar-refractivity contribution < 1.29 is 35.4 Å². The molecule has 0 amide bonds. The van der Waals surface area contributed by atoms with Crippen LogP contribution < -0.4 is 0 Å². The maximum absolute atomic E-state index is 11.5. The lowest BCUT2D eigenvalue weighted by molar-refractivity contribution is -0.111. The molecule has 2 aliphatic carbocycles. The van der Waals surface area contributed by atoms with Gasteiger partial charge in [-0.1, -0.05) is 74.0 Å². The van der Waals surface area contributed by atoms with Gasteiger partial charge in [0.2, 0.25) is 0 Å². The van der Waals surface area contributed by atoms with Crippen LogP contribution in [0.2, 0.25) is 0 Å². The summed E-state index contributed by atoms with van der Waals surface area (Å²) in [6, 6.07) is 0. The predicted molar refractivity (Wildman–Crippen MR) is 204 cm³/mol. The van der Waals surface area contributed by atoms with Crippen molar-refractivity contribution in [1.29, 1.82) is 0 Å². The summed E-state index contributed by atoms with van der Waals surface area (Å²) in [5, 5.41) is 59.1. The minimum absolute atomic E-state index is 0.0280. The molecule has 7 nitrogen and oxygen atoms in total. The molecule has 0 heterocycles. The van der Waals surface area contributed by atoms with Crippen molar-refractivity contribution in [2.75, 3.05) is 13.2 Å². The highest BCUT2D eigenvalue weighted by Gasteiger charge is 2.36. The molecule has 7 heteroatoms. The third kappa shape index (κ3) is 15.6. The largest absolute Gasteiger partial charge is 0.396 e. The van der Waals surface area contributed by atoms with Crippen LogP contribution in [0.3, 0.4) is 0 Å². The van der Waals surface area contributed by atoms with E-state index in [0.29, 0.717) is 66.1 Å². The summed E-state index contributed by atoms with van der Waals surface area (Å²) in [4.78, 5) is 11.5. The standard InChI is InChI=1S/C43H80O7/c1-27(15-28(2)17-41(43(49)50)20-31(5)26-46)16-39(18-29(3)24-44)38-10-9-32(6)36(23-38)13-11-35-12-14-37(21-33(35)7)40(19-30(4)25-45)22-34(8)42(47)48/h12,14,25,27-44,46-50H,9-11,13,15-24,26H2,1-8H3/t27?,28?,29?,30?,31-,32-,33?,34?,35-,36?,37+,38+,39?,40?,41?/m0/s1. The van der Waals surface area contributed by atoms with Crippen LogP contribution in [0.1, 0.15) is 139 Å². The molecule has 0 aliphatic heterocycles. The Morgan fingerprint density at radius 3 is 1.82 bits per heavy atom. The summed E-state index contributed by atoms with van der Waals surface area (Å²) < 4.78 is 0. The van der Waals surface area contributed by atoms with E-state index in [1.807, 2.05) is 20.8 Å². The van der Waals surface area contributed by atoms with Crippen molar-refractivity contribution in [1.82, 2.24) is 0 Å². The van der Waals surface area contributed by atoms with Crippen LogP contribution in [0.4, 0.5) is 0 Å². The monoisotopic (exact) mass is 709 g/mol. The van der Waals surface area contributed by atoms with E-state index in [1.165, 1.54) is 32.1 Å². The third-order valence-electron chi connectivity index (χ3n) is 13.3. The lowest BCUT2D eigenvalue weighted by Gasteiger charge is -2.41. The Morgan fingerprint density at radius 1 is 0.640 bits per heavy atom. The van der Waals surface area contributed by atoms with Gasteiger partial charge in [0.05, 0.1) is 0 Å². The molecule has 10 unspecified atom stereocenters. The number of aliphatic hydroxyl groups excluding tert-OH is 4. The lowest BCUT2D eigenvalue weighted by atomic mass is 9.64. The van der Waals surface area contributed by atoms with Gasteiger partial charge in [0.1, 0.15) is 6.29 Å². The Balaban J connectivity index is 2.04. The molecule has 0 spiro atoms. The second-order valence-electron chi connectivity index (χ2n) is 18.4. The van der Waals surface area contributed by atoms with Crippen molar-refractivity contribution in [3.05, 3.63) is 12.2 Å². The molecule has 50 heavy (non-hydrogen) atoms. The zero-order valence-corrected chi connectivity index (χ0v) is 33.2. The molecule has 1 fully saturated rings. The Labute approximate surface area is 306 Å².